The zero-order chi connectivity index (χ0) is 24.3. The van der Waals surface area contributed by atoms with Gasteiger partial charge in [0.1, 0.15) is 0 Å². The lowest BCUT2D eigenvalue weighted by Crippen LogP contribution is -1.90. The highest BCUT2D eigenvalue weighted by molar-refractivity contribution is 8.95. The Balaban J connectivity index is 3.29. The van der Waals surface area contributed by atoms with E-state index in [1.54, 1.807) is 0 Å². The predicted molar refractivity (Wildman–Crippen MR) is 164 cm³/mol. The highest BCUT2D eigenvalue weighted by Gasteiger charge is 2.12. The number of thiol groups is 1. The molecule has 0 aromatic heterocycles. The Bertz CT molecular complexity index is 386. The first-order valence-corrected chi connectivity index (χ1v) is 20.2. The maximum atomic E-state index is 5.98. The maximum absolute atomic E-state index is 5.98. The van der Waals surface area contributed by atoms with E-state index in [1.807, 2.05) is 11.4 Å². The summed E-state index contributed by atoms with van der Waals surface area (Å²) in [6.45, 7) is 5.39. The summed E-state index contributed by atoms with van der Waals surface area (Å²) in [4.78, 5) is 0. The average molecular weight is 539 g/mol. The Labute approximate surface area is 224 Å². The van der Waals surface area contributed by atoms with E-state index in [2.05, 4.69) is 26.1 Å². The van der Waals surface area contributed by atoms with Crippen molar-refractivity contribution in [3.8, 4) is 0 Å². The normalized spacial score (nSPS) is 13.4. The monoisotopic (exact) mass is 538 g/mol. The maximum Gasteiger partial charge on any atom is 0.171 e. The fraction of sp³-hybridized carbons (Fsp3) is 1.00. The van der Waals surface area contributed by atoms with Crippen molar-refractivity contribution in [2.24, 2.45) is 0 Å². The van der Waals surface area contributed by atoms with Crippen LogP contribution in [0.3, 0.4) is 0 Å². The van der Waals surface area contributed by atoms with Gasteiger partial charge in [0.15, 0.2) is 4.67 Å². The standard InChI is InChI=1S/C28H59OPS3/c1-3-5-7-9-11-13-15-17-19-21-23-25-27-29-30(31,32)33-28-26-24-22-20-18-16-14-12-10-8-6-4-2/h3-28H2,1-2H3,(H,31,32). The van der Waals surface area contributed by atoms with Crippen LogP contribution in [0.15, 0.2) is 0 Å². The minimum Gasteiger partial charge on any atom is -0.334 e. The van der Waals surface area contributed by atoms with Gasteiger partial charge in [0, 0.05) is 5.75 Å². The van der Waals surface area contributed by atoms with Gasteiger partial charge in [-0.25, -0.2) is 0 Å². The molecule has 0 aromatic carbocycles. The number of hydrogen-bond donors (Lipinski definition) is 1. The highest BCUT2D eigenvalue weighted by Crippen LogP contribution is 2.64. The van der Waals surface area contributed by atoms with E-state index in [4.69, 9.17) is 16.3 Å². The van der Waals surface area contributed by atoms with Crippen LogP contribution in [-0.2, 0) is 16.3 Å². The third kappa shape index (κ3) is 29.4. The van der Waals surface area contributed by atoms with Gasteiger partial charge in [0.2, 0.25) is 0 Å². The minimum atomic E-state index is -1.91. The van der Waals surface area contributed by atoms with E-state index in [1.165, 1.54) is 148 Å². The summed E-state index contributed by atoms with van der Waals surface area (Å²) in [5.74, 6) is 1.12. The summed E-state index contributed by atoms with van der Waals surface area (Å²) >= 11 is 12.1. The van der Waals surface area contributed by atoms with Crippen LogP contribution in [0.5, 0.6) is 0 Å². The molecule has 200 valence electrons. The van der Waals surface area contributed by atoms with Crippen molar-refractivity contribution >= 4 is 40.1 Å². The second-order valence-corrected chi connectivity index (χ2v) is 19.6. The SMILES string of the molecule is CCCCCCCCCCCCCCOP(=S)(S)SCCCCCCCCCCCCCC. The van der Waals surface area contributed by atoms with Crippen molar-refractivity contribution in [3.05, 3.63) is 0 Å². The number of unbranched alkanes of at least 4 members (excludes halogenated alkanes) is 22. The van der Waals surface area contributed by atoms with Gasteiger partial charge in [0.05, 0.1) is 6.61 Å². The van der Waals surface area contributed by atoms with Crippen LogP contribution in [0.4, 0.5) is 0 Å². The second kappa shape index (κ2) is 27.9. The molecule has 0 aliphatic heterocycles. The first-order valence-electron chi connectivity index (χ1n) is 14.7. The molecule has 0 amide bonds. The largest absolute Gasteiger partial charge is 0.334 e. The molecule has 33 heavy (non-hydrogen) atoms. The van der Waals surface area contributed by atoms with Crippen LogP contribution in [0.2, 0.25) is 0 Å². The Hall–Kier alpha value is 1.31. The summed E-state index contributed by atoms with van der Waals surface area (Å²) in [6.07, 6.45) is 33.3. The lowest BCUT2D eigenvalue weighted by atomic mass is 10.1. The zero-order valence-electron chi connectivity index (χ0n) is 22.5. The average Bonchev–Trinajstić information content (AvgIpc) is 2.80. The molecule has 1 nitrogen and oxygen atoms in total. The summed E-state index contributed by atoms with van der Waals surface area (Å²) in [6, 6.07) is 0. The van der Waals surface area contributed by atoms with E-state index < -0.39 is 4.67 Å². The quantitative estimate of drug-likeness (QED) is 0.0603. The third-order valence-corrected chi connectivity index (χ3v) is 12.3. The van der Waals surface area contributed by atoms with E-state index in [9.17, 15) is 0 Å². The summed E-state index contributed by atoms with van der Waals surface area (Å²) in [5, 5.41) is 0. The topological polar surface area (TPSA) is 9.23 Å². The van der Waals surface area contributed by atoms with Gasteiger partial charge in [-0.2, -0.15) is 0 Å². The van der Waals surface area contributed by atoms with Crippen molar-refractivity contribution in [2.45, 2.75) is 168 Å². The van der Waals surface area contributed by atoms with Gasteiger partial charge in [0.25, 0.3) is 0 Å². The molecule has 0 saturated heterocycles. The second-order valence-electron chi connectivity index (χ2n) is 9.91. The van der Waals surface area contributed by atoms with Gasteiger partial charge >= 0.3 is 0 Å². The van der Waals surface area contributed by atoms with Crippen LogP contribution < -0.4 is 0 Å². The van der Waals surface area contributed by atoms with E-state index in [-0.39, 0.29) is 0 Å². The van der Waals surface area contributed by atoms with Crippen molar-refractivity contribution in [1.82, 2.24) is 0 Å². The van der Waals surface area contributed by atoms with Crippen molar-refractivity contribution in [3.63, 3.8) is 0 Å². The minimum absolute atomic E-state index is 0.809. The first kappa shape index (κ1) is 34.3. The molecule has 1 unspecified atom stereocenters. The highest BCUT2D eigenvalue weighted by atomic mass is 33.2. The molecule has 5 heteroatoms. The van der Waals surface area contributed by atoms with Crippen LogP contribution in [0.25, 0.3) is 0 Å². The molecule has 0 aromatic rings. The summed E-state index contributed by atoms with van der Waals surface area (Å²) in [5.41, 5.74) is 0. The molecule has 0 bridgehead atoms. The van der Waals surface area contributed by atoms with Gasteiger partial charge in [-0.05, 0) is 24.6 Å². The first-order chi connectivity index (χ1) is 16.1. The molecule has 0 radical (unpaired) electrons. The summed E-state index contributed by atoms with van der Waals surface area (Å²) < 4.78 is 4.07. The van der Waals surface area contributed by atoms with Crippen molar-refractivity contribution in [2.75, 3.05) is 12.4 Å². The Morgan fingerprint density at radius 2 is 0.818 bits per heavy atom. The van der Waals surface area contributed by atoms with E-state index in [0.29, 0.717) is 0 Å². The van der Waals surface area contributed by atoms with Gasteiger partial charge < -0.3 is 4.52 Å². The zero-order valence-corrected chi connectivity index (χ0v) is 25.9. The fourth-order valence-electron chi connectivity index (χ4n) is 4.28. The Morgan fingerprint density at radius 3 is 1.18 bits per heavy atom. The smallest absolute Gasteiger partial charge is 0.171 e. The Morgan fingerprint density at radius 1 is 0.515 bits per heavy atom. The molecular weight excluding hydrogens is 479 g/mol. The van der Waals surface area contributed by atoms with Crippen LogP contribution in [0, 0.1) is 0 Å². The molecule has 0 spiro atoms. The van der Waals surface area contributed by atoms with Crippen LogP contribution in [0.1, 0.15) is 168 Å². The molecule has 0 saturated carbocycles. The van der Waals surface area contributed by atoms with E-state index in [0.717, 1.165) is 18.8 Å². The van der Waals surface area contributed by atoms with Crippen LogP contribution >= 0.6 is 28.3 Å². The van der Waals surface area contributed by atoms with Crippen molar-refractivity contribution < 1.29 is 4.52 Å². The Kier molecular flexibility index (Phi) is 29.0. The number of rotatable bonds is 28. The van der Waals surface area contributed by atoms with Crippen molar-refractivity contribution in [1.29, 1.82) is 0 Å². The molecule has 0 rings (SSSR count). The van der Waals surface area contributed by atoms with Gasteiger partial charge in [-0.3, -0.25) is 0 Å². The van der Waals surface area contributed by atoms with Gasteiger partial charge in [-0.1, -0.05) is 166 Å². The predicted octanol–water partition coefficient (Wildman–Crippen LogP) is 12.3. The fourth-order valence-corrected chi connectivity index (χ4v) is 8.68. The lowest BCUT2D eigenvalue weighted by molar-refractivity contribution is 0.347. The molecule has 1 atom stereocenters. The molecule has 0 aliphatic rings. The van der Waals surface area contributed by atoms with Crippen LogP contribution in [-0.4, -0.2) is 12.4 Å². The molecular formula is C28H59OPS3. The summed E-state index contributed by atoms with van der Waals surface area (Å²) in [7, 11) is 0. The molecule has 0 fully saturated rings. The van der Waals surface area contributed by atoms with E-state index >= 15 is 0 Å². The molecule has 0 aliphatic carbocycles. The lowest BCUT2D eigenvalue weighted by Gasteiger charge is -2.15. The molecule has 0 N–H and O–H groups in total. The third-order valence-electron chi connectivity index (χ3n) is 6.50. The van der Waals surface area contributed by atoms with Gasteiger partial charge in [-0.15, -0.1) is 12.2 Å². The molecule has 0 heterocycles. The number of hydrogen-bond acceptors (Lipinski definition) is 3.